The van der Waals surface area contributed by atoms with Crippen LogP contribution in [0.1, 0.15) is 0 Å². The molecule has 3 aromatic carbocycles. The minimum Gasteiger partial charge on any atom is -0.453 e. The van der Waals surface area contributed by atoms with Crippen LogP contribution in [0.15, 0.2) is 84.9 Å². The van der Waals surface area contributed by atoms with Crippen LogP contribution in [0.5, 0.6) is 11.5 Å². The molecule has 0 radical (unpaired) electrons. The predicted octanol–water partition coefficient (Wildman–Crippen LogP) is 5.22. The standard InChI is InChI=1S/C12H9NO.C6H6/c1-3-7-11-9(5-1)13-10-6-2-4-8-12(10)14-11;1-2-4-6-5-3-1/h1-8,13H;1-6H. The van der Waals surface area contributed by atoms with E-state index >= 15 is 0 Å². The number of hydrogen-bond acceptors (Lipinski definition) is 2. The van der Waals surface area contributed by atoms with Crippen molar-refractivity contribution in [3.63, 3.8) is 0 Å². The predicted molar refractivity (Wildman–Crippen MR) is 82.7 cm³/mol. The molecule has 0 atom stereocenters. The van der Waals surface area contributed by atoms with Gasteiger partial charge in [-0.3, -0.25) is 0 Å². The molecule has 1 aliphatic heterocycles. The molecule has 0 aliphatic carbocycles. The van der Waals surface area contributed by atoms with E-state index in [2.05, 4.69) is 5.32 Å². The maximum atomic E-state index is 5.71. The molecule has 1 N–H and O–H groups in total. The van der Waals surface area contributed by atoms with Gasteiger partial charge in [0.2, 0.25) is 0 Å². The van der Waals surface area contributed by atoms with Crippen LogP contribution in [0.4, 0.5) is 11.4 Å². The Morgan fingerprint density at radius 3 is 1.35 bits per heavy atom. The first kappa shape index (κ1) is 12.3. The highest BCUT2D eigenvalue weighted by Crippen LogP contribution is 2.40. The molecule has 1 aliphatic rings. The molecule has 98 valence electrons. The van der Waals surface area contributed by atoms with Crippen molar-refractivity contribution in [1.82, 2.24) is 0 Å². The van der Waals surface area contributed by atoms with E-state index in [0.717, 1.165) is 22.9 Å². The van der Waals surface area contributed by atoms with E-state index in [1.807, 2.05) is 84.9 Å². The second-order valence-corrected chi connectivity index (χ2v) is 4.37. The Morgan fingerprint density at radius 1 is 0.500 bits per heavy atom. The Hall–Kier alpha value is -2.74. The van der Waals surface area contributed by atoms with Gasteiger partial charge in [0.15, 0.2) is 11.5 Å². The van der Waals surface area contributed by atoms with E-state index in [1.165, 1.54) is 0 Å². The zero-order valence-electron chi connectivity index (χ0n) is 11.0. The summed E-state index contributed by atoms with van der Waals surface area (Å²) in [4.78, 5) is 0. The number of hydrogen-bond donors (Lipinski definition) is 1. The molecule has 0 saturated carbocycles. The maximum absolute atomic E-state index is 5.71. The summed E-state index contributed by atoms with van der Waals surface area (Å²) in [5.74, 6) is 1.76. The van der Waals surface area contributed by atoms with E-state index in [9.17, 15) is 0 Å². The summed E-state index contributed by atoms with van der Waals surface area (Å²) >= 11 is 0. The quantitative estimate of drug-likeness (QED) is 0.468. The summed E-state index contributed by atoms with van der Waals surface area (Å²) in [6.07, 6.45) is 0. The number of benzene rings is 3. The third-order valence-corrected chi connectivity index (χ3v) is 2.93. The van der Waals surface area contributed by atoms with E-state index in [4.69, 9.17) is 4.74 Å². The van der Waals surface area contributed by atoms with Gasteiger partial charge in [-0.1, -0.05) is 60.7 Å². The average molecular weight is 261 g/mol. The molecule has 4 rings (SSSR count). The Labute approximate surface area is 118 Å². The third-order valence-electron chi connectivity index (χ3n) is 2.93. The smallest absolute Gasteiger partial charge is 0.150 e. The Balaban J connectivity index is 0.000000170. The van der Waals surface area contributed by atoms with Crippen molar-refractivity contribution < 1.29 is 4.74 Å². The molecule has 0 amide bonds. The summed E-state index contributed by atoms with van der Waals surface area (Å²) < 4.78 is 5.71. The number of fused-ring (bicyclic) bond motifs is 2. The summed E-state index contributed by atoms with van der Waals surface area (Å²) in [6.45, 7) is 0. The molecule has 0 fully saturated rings. The summed E-state index contributed by atoms with van der Waals surface area (Å²) in [7, 11) is 0. The largest absolute Gasteiger partial charge is 0.453 e. The topological polar surface area (TPSA) is 21.3 Å². The van der Waals surface area contributed by atoms with Crippen molar-refractivity contribution in [3.05, 3.63) is 84.9 Å². The van der Waals surface area contributed by atoms with Crippen LogP contribution in [0.25, 0.3) is 0 Å². The first-order valence-electron chi connectivity index (χ1n) is 6.56. The van der Waals surface area contributed by atoms with E-state index < -0.39 is 0 Å². The maximum Gasteiger partial charge on any atom is 0.150 e. The lowest BCUT2D eigenvalue weighted by Crippen LogP contribution is -2.01. The highest BCUT2D eigenvalue weighted by molar-refractivity contribution is 5.75. The van der Waals surface area contributed by atoms with Gasteiger partial charge in [-0.25, -0.2) is 0 Å². The number of rotatable bonds is 0. The minimum atomic E-state index is 0.881. The van der Waals surface area contributed by atoms with Crippen LogP contribution in [0.3, 0.4) is 0 Å². The second kappa shape index (κ2) is 5.93. The molecule has 0 bridgehead atoms. The fraction of sp³-hybridized carbons (Fsp3) is 0. The fourth-order valence-electron chi connectivity index (χ4n) is 1.97. The summed E-state index contributed by atoms with van der Waals surface area (Å²) in [5.41, 5.74) is 2.04. The van der Waals surface area contributed by atoms with E-state index in [-0.39, 0.29) is 0 Å². The van der Waals surface area contributed by atoms with Gasteiger partial charge in [0.05, 0.1) is 11.4 Å². The normalized spacial score (nSPS) is 10.8. The van der Waals surface area contributed by atoms with Crippen LogP contribution >= 0.6 is 0 Å². The molecule has 0 unspecified atom stereocenters. The Morgan fingerprint density at radius 2 is 0.900 bits per heavy atom. The number of nitrogens with one attached hydrogen (secondary N) is 1. The lowest BCUT2D eigenvalue weighted by molar-refractivity contribution is 0.481. The Kier molecular flexibility index (Phi) is 3.65. The monoisotopic (exact) mass is 261 g/mol. The Bertz CT molecular complexity index is 566. The van der Waals surface area contributed by atoms with Gasteiger partial charge >= 0.3 is 0 Å². The molecule has 0 spiro atoms. The van der Waals surface area contributed by atoms with Crippen molar-refractivity contribution in [3.8, 4) is 11.5 Å². The van der Waals surface area contributed by atoms with Gasteiger partial charge in [0.25, 0.3) is 0 Å². The van der Waals surface area contributed by atoms with Gasteiger partial charge < -0.3 is 10.1 Å². The van der Waals surface area contributed by atoms with Gasteiger partial charge in [0.1, 0.15) is 0 Å². The molecule has 2 heteroatoms. The van der Waals surface area contributed by atoms with E-state index in [0.29, 0.717) is 0 Å². The van der Waals surface area contributed by atoms with Crippen LogP contribution in [0.2, 0.25) is 0 Å². The summed E-state index contributed by atoms with van der Waals surface area (Å²) in [5, 5.41) is 3.32. The lowest BCUT2D eigenvalue weighted by Gasteiger charge is -2.20. The van der Waals surface area contributed by atoms with Crippen LogP contribution < -0.4 is 10.1 Å². The second-order valence-electron chi connectivity index (χ2n) is 4.37. The van der Waals surface area contributed by atoms with E-state index in [1.54, 1.807) is 0 Å². The molecular weight excluding hydrogens is 246 g/mol. The van der Waals surface area contributed by atoms with Crippen molar-refractivity contribution in [2.24, 2.45) is 0 Å². The molecule has 1 heterocycles. The summed E-state index contributed by atoms with van der Waals surface area (Å²) in [6, 6.07) is 27.8. The van der Waals surface area contributed by atoms with Crippen molar-refractivity contribution in [2.75, 3.05) is 5.32 Å². The highest BCUT2D eigenvalue weighted by atomic mass is 16.5. The molecular formula is C18H15NO. The molecule has 3 aromatic rings. The van der Waals surface area contributed by atoms with Crippen molar-refractivity contribution in [1.29, 1.82) is 0 Å². The number of para-hydroxylation sites is 4. The zero-order valence-corrected chi connectivity index (χ0v) is 11.0. The molecule has 0 saturated heterocycles. The van der Waals surface area contributed by atoms with Gasteiger partial charge in [0, 0.05) is 0 Å². The molecule has 0 aromatic heterocycles. The third kappa shape index (κ3) is 2.81. The van der Waals surface area contributed by atoms with Gasteiger partial charge in [-0.15, -0.1) is 0 Å². The zero-order chi connectivity index (χ0) is 13.6. The molecule has 20 heavy (non-hydrogen) atoms. The average Bonchev–Trinajstić information content (AvgIpc) is 2.55. The van der Waals surface area contributed by atoms with Crippen LogP contribution in [-0.4, -0.2) is 0 Å². The molecule has 2 nitrogen and oxygen atoms in total. The fourth-order valence-corrected chi connectivity index (χ4v) is 1.97. The van der Waals surface area contributed by atoms with Crippen LogP contribution in [0, 0.1) is 0 Å². The highest BCUT2D eigenvalue weighted by Gasteiger charge is 2.13. The van der Waals surface area contributed by atoms with Gasteiger partial charge in [-0.2, -0.15) is 0 Å². The lowest BCUT2D eigenvalue weighted by atomic mass is 10.2. The number of anilines is 2. The first-order chi connectivity index (χ1) is 9.93. The first-order valence-corrected chi connectivity index (χ1v) is 6.56. The van der Waals surface area contributed by atoms with Crippen molar-refractivity contribution in [2.45, 2.75) is 0 Å². The number of ether oxygens (including phenoxy) is 1. The van der Waals surface area contributed by atoms with Crippen LogP contribution in [-0.2, 0) is 0 Å². The van der Waals surface area contributed by atoms with Crippen molar-refractivity contribution >= 4 is 11.4 Å². The van der Waals surface area contributed by atoms with Gasteiger partial charge in [-0.05, 0) is 24.3 Å². The minimum absolute atomic E-state index is 0.881. The SMILES string of the molecule is c1ccc2c(c1)Nc1ccccc1O2.c1ccccc1.